The number of carbonyl (C=O) groups is 2. The Balaban J connectivity index is 2.00. The first-order chi connectivity index (χ1) is 13.0. The molecule has 1 heterocycles. The number of rotatable bonds is 4. The molecule has 8 heteroatoms. The van der Waals surface area contributed by atoms with E-state index in [0.717, 1.165) is 17.3 Å². The predicted octanol–water partition coefficient (Wildman–Crippen LogP) is 1.95. The minimum absolute atomic E-state index is 0.00305. The van der Waals surface area contributed by atoms with E-state index >= 15 is 0 Å². The Kier molecular flexibility index (Phi) is 5.56. The van der Waals surface area contributed by atoms with Gasteiger partial charge < -0.3 is 0 Å². The van der Waals surface area contributed by atoms with Crippen molar-refractivity contribution in [2.24, 2.45) is 0 Å². The summed E-state index contributed by atoms with van der Waals surface area (Å²) in [5, 5.41) is 0.908. The van der Waals surface area contributed by atoms with Gasteiger partial charge in [0.2, 0.25) is 11.8 Å². The second kappa shape index (κ2) is 8.05. The summed E-state index contributed by atoms with van der Waals surface area (Å²) in [5.74, 6) is -0.765. The fourth-order valence-corrected chi connectivity index (χ4v) is 3.27. The van der Waals surface area contributed by atoms with Crippen LogP contribution in [0.1, 0.15) is 12.5 Å². The summed E-state index contributed by atoms with van der Waals surface area (Å²) in [4.78, 5) is 40.4. The van der Waals surface area contributed by atoms with Crippen LogP contribution in [0.3, 0.4) is 0 Å². The highest BCUT2D eigenvalue weighted by molar-refractivity contribution is 7.99. The van der Waals surface area contributed by atoms with E-state index in [9.17, 15) is 14.4 Å². The van der Waals surface area contributed by atoms with Crippen LogP contribution in [0.15, 0.2) is 58.5 Å². The number of hydrogen-bond donors (Lipinski definition) is 2. The number of amides is 2. The zero-order chi connectivity index (χ0) is 19.4. The van der Waals surface area contributed by atoms with Crippen molar-refractivity contribution in [2.75, 3.05) is 5.75 Å². The predicted molar refractivity (Wildman–Crippen MR) is 105 cm³/mol. The Bertz CT molecular complexity index is 1060. The third-order valence-electron chi connectivity index (χ3n) is 3.75. The lowest BCUT2D eigenvalue weighted by Gasteiger charge is -2.13. The van der Waals surface area contributed by atoms with Crippen LogP contribution in [-0.2, 0) is 9.59 Å². The highest BCUT2D eigenvalue weighted by Crippen LogP contribution is 2.21. The van der Waals surface area contributed by atoms with Crippen LogP contribution >= 0.6 is 11.8 Å². The van der Waals surface area contributed by atoms with Crippen molar-refractivity contribution in [1.29, 1.82) is 0 Å². The quantitative estimate of drug-likeness (QED) is 0.409. The molecular weight excluding hydrogens is 364 g/mol. The lowest BCUT2D eigenvalue weighted by atomic mass is 10.2. The summed E-state index contributed by atoms with van der Waals surface area (Å²) in [6.45, 7) is 3.26. The number of fused-ring (bicyclic) bond motifs is 1. The first-order valence-corrected chi connectivity index (χ1v) is 9.21. The summed E-state index contributed by atoms with van der Waals surface area (Å²) in [6, 6.07) is 14.6. The van der Waals surface area contributed by atoms with Gasteiger partial charge in [-0.05, 0) is 31.2 Å². The highest BCUT2D eigenvalue weighted by Gasteiger charge is 2.14. The molecule has 2 N–H and O–H groups in total. The molecule has 2 amide bonds. The zero-order valence-electron chi connectivity index (χ0n) is 14.9. The number of thioether (sulfide) groups is 1. The molecule has 1 aromatic heterocycles. The van der Waals surface area contributed by atoms with Crippen molar-refractivity contribution < 1.29 is 9.59 Å². The fraction of sp³-hybridized carbons (Fsp3) is 0.158. The van der Waals surface area contributed by atoms with E-state index in [1.54, 1.807) is 18.2 Å². The molecular formula is C19H18N4O3S. The lowest BCUT2D eigenvalue weighted by molar-refractivity contribution is -0.126. The van der Waals surface area contributed by atoms with E-state index in [2.05, 4.69) is 15.8 Å². The standard InChI is InChI=1S/C19H18N4O3S/c1-12-7-9-14(10-8-12)23-18(26)15-5-3-4-6-16(15)20-19(23)27-11-17(25)22-21-13(2)24/h3-10H,11H2,1-2H3,(H,21,24)(H,22,25). The van der Waals surface area contributed by atoms with Crippen molar-refractivity contribution in [3.05, 3.63) is 64.4 Å². The van der Waals surface area contributed by atoms with Gasteiger partial charge in [0.25, 0.3) is 5.56 Å². The molecule has 0 aliphatic rings. The zero-order valence-corrected chi connectivity index (χ0v) is 15.7. The molecule has 0 fully saturated rings. The van der Waals surface area contributed by atoms with Gasteiger partial charge >= 0.3 is 0 Å². The molecule has 2 aromatic carbocycles. The van der Waals surface area contributed by atoms with Gasteiger partial charge in [-0.25, -0.2) is 4.98 Å². The van der Waals surface area contributed by atoms with Gasteiger partial charge in [0.1, 0.15) is 0 Å². The van der Waals surface area contributed by atoms with Gasteiger partial charge in [-0.3, -0.25) is 29.8 Å². The Labute approximate surface area is 159 Å². The van der Waals surface area contributed by atoms with Crippen LogP contribution in [-0.4, -0.2) is 27.1 Å². The van der Waals surface area contributed by atoms with E-state index < -0.39 is 5.91 Å². The van der Waals surface area contributed by atoms with Gasteiger partial charge in [-0.1, -0.05) is 41.6 Å². The largest absolute Gasteiger partial charge is 0.274 e. The van der Waals surface area contributed by atoms with Crippen LogP contribution in [0, 0.1) is 6.92 Å². The topological polar surface area (TPSA) is 93.1 Å². The van der Waals surface area contributed by atoms with Crippen LogP contribution in [0.4, 0.5) is 0 Å². The van der Waals surface area contributed by atoms with Crippen LogP contribution in [0.2, 0.25) is 0 Å². The number of benzene rings is 2. The molecule has 0 spiro atoms. The van der Waals surface area contributed by atoms with Gasteiger partial charge in [-0.15, -0.1) is 0 Å². The molecule has 0 bridgehead atoms. The maximum absolute atomic E-state index is 13.0. The molecule has 3 aromatic rings. The summed E-state index contributed by atoms with van der Waals surface area (Å²) in [6.07, 6.45) is 0. The maximum Gasteiger partial charge on any atom is 0.266 e. The number of aryl methyl sites for hydroxylation is 1. The molecule has 27 heavy (non-hydrogen) atoms. The summed E-state index contributed by atoms with van der Waals surface area (Å²) >= 11 is 1.12. The molecule has 0 atom stereocenters. The molecule has 0 saturated carbocycles. The molecule has 0 aliphatic carbocycles. The second-order valence-corrected chi connectivity index (χ2v) is 6.85. The highest BCUT2D eigenvalue weighted by atomic mass is 32.2. The molecule has 3 rings (SSSR count). The summed E-state index contributed by atoms with van der Waals surface area (Å²) < 4.78 is 1.50. The van der Waals surface area contributed by atoms with Crippen LogP contribution in [0.5, 0.6) is 0 Å². The van der Waals surface area contributed by atoms with Crippen LogP contribution in [0.25, 0.3) is 16.6 Å². The Morgan fingerprint density at radius 1 is 1.07 bits per heavy atom. The Morgan fingerprint density at radius 2 is 1.78 bits per heavy atom. The maximum atomic E-state index is 13.0. The summed E-state index contributed by atoms with van der Waals surface area (Å²) in [7, 11) is 0. The first-order valence-electron chi connectivity index (χ1n) is 8.23. The van der Waals surface area contributed by atoms with Gasteiger partial charge in [0.05, 0.1) is 22.3 Å². The molecule has 7 nitrogen and oxygen atoms in total. The third kappa shape index (κ3) is 4.35. The Hall–Kier alpha value is -3.13. The van der Waals surface area contributed by atoms with Gasteiger partial charge in [-0.2, -0.15) is 0 Å². The number of nitrogens with one attached hydrogen (secondary N) is 2. The number of aromatic nitrogens is 2. The van der Waals surface area contributed by atoms with Crippen molar-refractivity contribution in [3.63, 3.8) is 0 Å². The minimum atomic E-state index is -0.395. The second-order valence-electron chi connectivity index (χ2n) is 5.91. The molecule has 0 saturated heterocycles. The first kappa shape index (κ1) is 18.7. The van der Waals surface area contributed by atoms with E-state index in [4.69, 9.17) is 0 Å². The smallest absolute Gasteiger partial charge is 0.266 e. The van der Waals surface area contributed by atoms with Crippen molar-refractivity contribution in [1.82, 2.24) is 20.4 Å². The monoisotopic (exact) mass is 382 g/mol. The van der Waals surface area contributed by atoms with E-state index in [1.165, 1.54) is 11.5 Å². The number of nitrogens with zero attached hydrogens (tertiary/aromatic N) is 2. The van der Waals surface area contributed by atoms with E-state index in [-0.39, 0.29) is 17.2 Å². The van der Waals surface area contributed by atoms with E-state index in [0.29, 0.717) is 21.7 Å². The average molecular weight is 382 g/mol. The van der Waals surface area contributed by atoms with Crippen molar-refractivity contribution in [3.8, 4) is 5.69 Å². The lowest BCUT2D eigenvalue weighted by Crippen LogP contribution is -2.41. The minimum Gasteiger partial charge on any atom is -0.274 e. The normalized spacial score (nSPS) is 10.6. The number of hydrazine groups is 1. The number of para-hydroxylation sites is 1. The van der Waals surface area contributed by atoms with Gasteiger partial charge in [0.15, 0.2) is 5.16 Å². The van der Waals surface area contributed by atoms with E-state index in [1.807, 2.05) is 37.3 Å². The third-order valence-corrected chi connectivity index (χ3v) is 4.69. The summed E-state index contributed by atoms with van der Waals surface area (Å²) in [5.41, 5.74) is 6.64. The average Bonchev–Trinajstić information content (AvgIpc) is 2.66. The van der Waals surface area contributed by atoms with Crippen LogP contribution < -0.4 is 16.4 Å². The fourth-order valence-electron chi connectivity index (χ4n) is 2.45. The number of hydrogen-bond acceptors (Lipinski definition) is 5. The molecule has 0 radical (unpaired) electrons. The molecule has 138 valence electrons. The van der Waals surface area contributed by atoms with Crippen molar-refractivity contribution >= 4 is 34.5 Å². The number of carbonyl (C=O) groups excluding carboxylic acids is 2. The molecule has 0 unspecified atom stereocenters. The molecule has 0 aliphatic heterocycles. The Morgan fingerprint density at radius 3 is 2.48 bits per heavy atom. The SMILES string of the molecule is CC(=O)NNC(=O)CSc1nc2ccccc2c(=O)n1-c1ccc(C)cc1. The van der Waals surface area contributed by atoms with Crippen molar-refractivity contribution in [2.45, 2.75) is 19.0 Å². The van der Waals surface area contributed by atoms with Gasteiger partial charge in [0, 0.05) is 6.92 Å².